The molecule has 0 saturated carbocycles. The molecular weight excluding hydrogens is 356 g/mol. The van der Waals surface area contributed by atoms with Gasteiger partial charge in [-0.15, -0.1) is 0 Å². The highest BCUT2D eigenvalue weighted by molar-refractivity contribution is 5.79. The molecule has 2 unspecified atom stereocenters. The lowest BCUT2D eigenvalue weighted by atomic mass is 10.1. The van der Waals surface area contributed by atoms with Crippen LogP contribution in [0, 0.1) is 5.92 Å². The molecule has 3 N–H and O–H groups in total. The molecule has 2 aliphatic rings. The molecule has 0 aromatic rings. The molecular formula is C20H42N6O2. The third kappa shape index (κ3) is 9.05. The van der Waals surface area contributed by atoms with Gasteiger partial charge in [0.1, 0.15) is 0 Å². The number of rotatable bonds is 9. The third-order valence-electron chi connectivity index (χ3n) is 5.37. The Hall–Kier alpha value is -0.930. The number of guanidine groups is 1. The van der Waals surface area contributed by atoms with Crippen molar-refractivity contribution >= 4 is 5.96 Å². The van der Waals surface area contributed by atoms with Crippen LogP contribution in [0.5, 0.6) is 0 Å². The maximum Gasteiger partial charge on any atom is 0.191 e. The highest BCUT2D eigenvalue weighted by Crippen LogP contribution is 2.09. The first-order valence-electron chi connectivity index (χ1n) is 10.8. The monoisotopic (exact) mass is 398 g/mol. The molecule has 2 aliphatic heterocycles. The topological polar surface area (TPSA) is 75.6 Å². The second kappa shape index (κ2) is 11.9. The number of nitrogens with zero attached hydrogens (tertiary/aromatic N) is 4. The first-order chi connectivity index (χ1) is 13.4. The van der Waals surface area contributed by atoms with E-state index < -0.39 is 5.60 Å². The number of nitrogens with one attached hydrogen (secondary N) is 2. The summed E-state index contributed by atoms with van der Waals surface area (Å²) in [5.41, 5.74) is -0.842. The van der Waals surface area contributed by atoms with Gasteiger partial charge in [-0.1, -0.05) is 6.92 Å². The van der Waals surface area contributed by atoms with Crippen molar-refractivity contribution in [3.63, 3.8) is 0 Å². The Kier molecular flexibility index (Phi) is 9.94. The molecule has 8 heteroatoms. The van der Waals surface area contributed by atoms with E-state index in [4.69, 9.17) is 4.74 Å². The van der Waals surface area contributed by atoms with Crippen molar-refractivity contribution in [2.45, 2.75) is 26.4 Å². The standard InChI is InChI=1S/C20H42N6O2/c1-5-21-19(22-14-18(2)15-25-8-6-24(4)7-9-25)23-16-20(3,27)17-26-10-12-28-13-11-26/h18,27H,5-17H2,1-4H3,(H2,21,22,23). The third-order valence-corrected chi connectivity index (χ3v) is 5.37. The minimum atomic E-state index is -0.842. The van der Waals surface area contributed by atoms with Gasteiger partial charge in [-0.05, 0) is 26.8 Å². The number of ether oxygens (including phenoxy) is 1. The Labute approximate surface area is 171 Å². The van der Waals surface area contributed by atoms with Gasteiger partial charge in [0.25, 0.3) is 0 Å². The number of likely N-dealkylation sites (N-methyl/N-ethyl adjacent to an activating group) is 1. The number of hydrogen-bond donors (Lipinski definition) is 3. The predicted octanol–water partition coefficient (Wildman–Crippen LogP) is -0.492. The summed E-state index contributed by atoms with van der Waals surface area (Å²) in [5.74, 6) is 1.33. The van der Waals surface area contributed by atoms with Crippen LogP contribution in [0.25, 0.3) is 0 Å². The van der Waals surface area contributed by atoms with Crippen LogP contribution in [0.15, 0.2) is 4.99 Å². The SMILES string of the molecule is CCNC(=NCC(C)(O)CN1CCOCC1)NCC(C)CN1CCN(C)CC1. The average molecular weight is 399 g/mol. The largest absolute Gasteiger partial charge is 0.387 e. The zero-order valence-corrected chi connectivity index (χ0v) is 18.4. The first-order valence-corrected chi connectivity index (χ1v) is 10.8. The predicted molar refractivity (Wildman–Crippen MR) is 115 cm³/mol. The van der Waals surface area contributed by atoms with Gasteiger partial charge in [0.2, 0.25) is 0 Å². The average Bonchev–Trinajstić information content (AvgIpc) is 2.66. The zero-order valence-electron chi connectivity index (χ0n) is 18.4. The molecule has 8 nitrogen and oxygen atoms in total. The normalized spacial score (nSPS) is 24.0. The summed E-state index contributed by atoms with van der Waals surface area (Å²) < 4.78 is 5.38. The molecule has 2 atom stereocenters. The summed E-state index contributed by atoms with van der Waals surface area (Å²) in [6.45, 7) is 17.9. The molecule has 0 aliphatic carbocycles. The van der Waals surface area contributed by atoms with Gasteiger partial charge >= 0.3 is 0 Å². The second-order valence-corrected chi connectivity index (χ2v) is 8.67. The van der Waals surface area contributed by atoms with E-state index in [9.17, 15) is 5.11 Å². The molecule has 0 aromatic carbocycles. The smallest absolute Gasteiger partial charge is 0.191 e. The zero-order chi connectivity index (χ0) is 20.4. The minimum Gasteiger partial charge on any atom is -0.387 e. The van der Waals surface area contributed by atoms with Gasteiger partial charge in [0.15, 0.2) is 5.96 Å². The van der Waals surface area contributed by atoms with E-state index in [1.165, 1.54) is 0 Å². The lowest BCUT2D eigenvalue weighted by molar-refractivity contribution is -0.0180. The Morgan fingerprint density at radius 1 is 1.11 bits per heavy atom. The van der Waals surface area contributed by atoms with Crippen LogP contribution < -0.4 is 10.6 Å². The fraction of sp³-hybridized carbons (Fsp3) is 0.950. The maximum absolute atomic E-state index is 10.7. The summed E-state index contributed by atoms with van der Waals surface area (Å²) in [7, 11) is 2.19. The molecule has 2 rings (SSSR count). The van der Waals surface area contributed by atoms with Crippen molar-refractivity contribution < 1.29 is 9.84 Å². The van der Waals surface area contributed by atoms with E-state index in [-0.39, 0.29) is 0 Å². The van der Waals surface area contributed by atoms with Crippen molar-refractivity contribution in [3.8, 4) is 0 Å². The van der Waals surface area contributed by atoms with Crippen LogP contribution in [0.4, 0.5) is 0 Å². The van der Waals surface area contributed by atoms with Gasteiger partial charge in [-0.25, -0.2) is 0 Å². The molecule has 2 heterocycles. The van der Waals surface area contributed by atoms with Gasteiger partial charge in [0, 0.05) is 65.4 Å². The molecule has 0 spiro atoms. The van der Waals surface area contributed by atoms with Crippen LogP contribution in [0.2, 0.25) is 0 Å². The van der Waals surface area contributed by atoms with Crippen LogP contribution in [-0.4, -0.2) is 124 Å². The summed E-state index contributed by atoms with van der Waals surface area (Å²) in [5, 5.41) is 17.5. The Balaban J connectivity index is 1.75. The molecule has 0 amide bonds. The van der Waals surface area contributed by atoms with E-state index in [0.717, 1.165) is 78.1 Å². The Bertz CT molecular complexity index is 460. The number of hydrogen-bond acceptors (Lipinski definition) is 6. The number of piperazine rings is 1. The minimum absolute atomic E-state index is 0.381. The summed E-state index contributed by atoms with van der Waals surface area (Å²) in [4.78, 5) is 11.8. The van der Waals surface area contributed by atoms with Gasteiger partial charge in [-0.3, -0.25) is 9.89 Å². The van der Waals surface area contributed by atoms with Gasteiger partial charge < -0.3 is 30.3 Å². The summed E-state index contributed by atoms with van der Waals surface area (Å²) >= 11 is 0. The van der Waals surface area contributed by atoms with Crippen molar-refractivity contribution in [1.29, 1.82) is 0 Å². The van der Waals surface area contributed by atoms with E-state index >= 15 is 0 Å². The lowest BCUT2D eigenvalue weighted by Gasteiger charge is -2.34. The van der Waals surface area contributed by atoms with E-state index in [1.807, 2.05) is 6.92 Å². The van der Waals surface area contributed by atoms with Gasteiger partial charge in [0.05, 0.1) is 25.4 Å². The number of aliphatic hydroxyl groups is 1. The van der Waals surface area contributed by atoms with Crippen LogP contribution in [-0.2, 0) is 4.74 Å². The van der Waals surface area contributed by atoms with Crippen LogP contribution in [0.3, 0.4) is 0 Å². The van der Waals surface area contributed by atoms with E-state index in [2.05, 4.69) is 51.2 Å². The Morgan fingerprint density at radius 2 is 1.79 bits per heavy atom. The number of aliphatic imine (C=N–C) groups is 1. The molecule has 0 bridgehead atoms. The van der Waals surface area contributed by atoms with Crippen molar-refractivity contribution in [2.75, 3.05) is 92.3 Å². The van der Waals surface area contributed by atoms with Crippen LogP contribution in [0.1, 0.15) is 20.8 Å². The fourth-order valence-corrected chi connectivity index (χ4v) is 3.69. The summed E-state index contributed by atoms with van der Waals surface area (Å²) in [6.07, 6.45) is 0. The quantitative estimate of drug-likeness (QED) is 0.357. The molecule has 2 fully saturated rings. The highest BCUT2D eigenvalue weighted by atomic mass is 16.5. The number of morpholine rings is 1. The molecule has 28 heavy (non-hydrogen) atoms. The molecule has 2 saturated heterocycles. The molecule has 164 valence electrons. The van der Waals surface area contributed by atoms with Crippen molar-refractivity contribution in [1.82, 2.24) is 25.3 Å². The van der Waals surface area contributed by atoms with Crippen LogP contribution >= 0.6 is 0 Å². The number of β-amino-alcohol motifs (C(OH)–C–C–N with tert-alkyl or cyclic N) is 1. The maximum atomic E-state index is 10.7. The molecule has 0 aromatic heterocycles. The van der Waals surface area contributed by atoms with Crippen molar-refractivity contribution in [2.24, 2.45) is 10.9 Å². The van der Waals surface area contributed by atoms with Crippen molar-refractivity contribution in [3.05, 3.63) is 0 Å². The fourth-order valence-electron chi connectivity index (χ4n) is 3.69. The van der Waals surface area contributed by atoms with Gasteiger partial charge in [-0.2, -0.15) is 0 Å². The van der Waals surface area contributed by atoms with E-state index in [1.54, 1.807) is 0 Å². The highest BCUT2D eigenvalue weighted by Gasteiger charge is 2.25. The van der Waals surface area contributed by atoms with E-state index in [0.29, 0.717) is 19.0 Å². The second-order valence-electron chi connectivity index (χ2n) is 8.67. The first kappa shape index (κ1) is 23.3. The Morgan fingerprint density at radius 3 is 2.43 bits per heavy atom. The lowest BCUT2D eigenvalue weighted by Crippen LogP contribution is -2.49. The summed E-state index contributed by atoms with van der Waals surface area (Å²) in [6, 6.07) is 0. The molecule has 0 radical (unpaired) electrons.